The summed E-state index contributed by atoms with van der Waals surface area (Å²) in [5.74, 6) is 0.0248. The molecule has 1 aromatic carbocycles. The molecule has 4 aromatic rings. The number of aromatic nitrogens is 6. The lowest BCUT2D eigenvalue weighted by molar-refractivity contribution is 0.0923. The first-order valence-corrected chi connectivity index (χ1v) is 11.3. The third-order valence-electron chi connectivity index (χ3n) is 6.24. The smallest absolute Gasteiger partial charge is 0.271 e. The number of hydrogen-bond donors (Lipinski definition) is 4. The van der Waals surface area contributed by atoms with Crippen LogP contribution in [0.2, 0.25) is 0 Å². The zero-order valence-corrected chi connectivity index (χ0v) is 19.4. The van der Waals surface area contributed by atoms with Crippen LogP contribution in [0.4, 0.5) is 17.3 Å². The number of fused-ring (bicyclic) bond motifs is 1. The Labute approximate surface area is 201 Å². The SMILES string of the molecule is C[C@@H]1[C@H](NC(=O)c2ccc3nc[nH]c3c2)CCCN1c1cnc(C(N)=O)c(Nc2cnn(C)c2)n1. The second-order valence-corrected chi connectivity index (χ2v) is 8.61. The maximum Gasteiger partial charge on any atom is 0.271 e. The number of rotatable bonds is 6. The van der Waals surface area contributed by atoms with Crippen molar-refractivity contribution < 1.29 is 9.59 Å². The predicted molar refractivity (Wildman–Crippen MR) is 130 cm³/mol. The number of hydrogen-bond acceptors (Lipinski definition) is 8. The molecule has 3 aromatic heterocycles. The molecule has 1 aliphatic rings. The highest BCUT2D eigenvalue weighted by atomic mass is 16.2. The summed E-state index contributed by atoms with van der Waals surface area (Å²) in [5, 5.41) is 10.4. The highest BCUT2D eigenvalue weighted by Gasteiger charge is 2.31. The van der Waals surface area contributed by atoms with E-state index < -0.39 is 5.91 Å². The van der Waals surface area contributed by atoms with Crippen molar-refractivity contribution in [1.82, 2.24) is 35.0 Å². The summed E-state index contributed by atoms with van der Waals surface area (Å²) in [6, 6.07) is 5.25. The van der Waals surface area contributed by atoms with Gasteiger partial charge < -0.3 is 26.3 Å². The van der Waals surface area contributed by atoms with E-state index in [4.69, 9.17) is 5.73 Å². The lowest BCUT2D eigenvalue weighted by Gasteiger charge is -2.40. The van der Waals surface area contributed by atoms with Crippen LogP contribution in [-0.2, 0) is 7.05 Å². The molecule has 2 amide bonds. The lowest BCUT2D eigenvalue weighted by Crippen LogP contribution is -2.54. The molecule has 1 aliphatic heterocycles. The van der Waals surface area contributed by atoms with Crippen LogP contribution in [-0.4, -0.2) is 60.2 Å². The zero-order valence-electron chi connectivity index (χ0n) is 19.4. The summed E-state index contributed by atoms with van der Waals surface area (Å²) in [4.78, 5) is 43.2. The monoisotopic (exact) mass is 474 g/mol. The zero-order chi connectivity index (χ0) is 24.5. The molecule has 1 fully saturated rings. The van der Waals surface area contributed by atoms with Crippen molar-refractivity contribution >= 4 is 40.2 Å². The third-order valence-corrected chi connectivity index (χ3v) is 6.24. The van der Waals surface area contributed by atoms with Gasteiger partial charge in [0.15, 0.2) is 11.5 Å². The molecule has 1 saturated heterocycles. The Balaban J connectivity index is 1.36. The molecule has 5 N–H and O–H groups in total. The van der Waals surface area contributed by atoms with Crippen molar-refractivity contribution in [3.05, 3.63) is 54.4 Å². The first-order chi connectivity index (χ1) is 16.9. The van der Waals surface area contributed by atoms with Gasteiger partial charge in [0.1, 0.15) is 5.82 Å². The van der Waals surface area contributed by atoms with Crippen molar-refractivity contribution in [3.8, 4) is 0 Å². The molecule has 0 unspecified atom stereocenters. The quantitative estimate of drug-likeness (QED) is 0.329. The van der Waals surface area contributed by atoms with E-state index in [1.54, 1.807) is 48.8 Å². The van der Waals surface area contributed by atoms with Crippen LogP contribution in [0.3, 0.4) is 0 Å². The Bertz CT molecular complexity index is 1390. The molecule has 5 rings (SSSR count). The molecule has 35 heavy (non-hydrogen) atoms. The second-order valence-electron chi connectivity index (χ2n) is 8.61. The molecule has 12 heteroatoms. The Morgan fingerprint density at radius 1 is 1.23 bits per heavy atom. The van der Waals surface area contributed by atoms with E-state index in [0.717, 1.165) is 30.4 Å². The number of H-pyrrole nitrogens is 1. The summed E-state index contributed by atoms with van der Waals surface area (Å²) >= 11 is 0. The third kappa shape index (κ3) is 4.50. The topological polar surface area (TPSA) is 160 Å². The fourth-order valence-corrected chi connectivity index (χ4v) is 4.40. The van der Waals surface area contributed by atoms with E-state index in [-0.39, 0.29) is 29.5 Å². The van der Waals surface area contributed by atoms with Crippen molar-refractivity contribution in [2.75, 3.05) is 16.8 Å². The van der Waals surface area contributed by atoms with Crippen LogP contribution in [0.25, 0.3) is 11.0 Å². The number of imidazole rings is 1. The van der Waals surface area contributed by atoms with Crippen LogP contribution in [0.1, 0.15) is 40.6 Å². The molecule has 0 saturated carbocycles. The molecule has 12 nitrogen and oxygen atoms in total. The van der Waals surface area contributed by atoms with E-state index in [2.05, 4.69) is 40.6 Å². The van der Waals surface area contributed by atoms with Gasteiger partial charge in [-0.3, -0.25) is 14.3 Å². The van der Waals surface area contributed by atoms with Crippen LogP contribution in [0.5, 0.6) is 0 Å². The minimum Gasteiger partial charge on any atom is -0.364 e. The van der Waals surface area contributed by atoms with Gasteiger partial charge in [0.2, 0.25) is 0 Å². The van der Waals surface area contributed by atoms with Gasteiger partial charge in [0.05, 0.1) is 35.4 Å². The Morgan fingerprint density at radius 3 is 2.86 bits per heavy atom. The molecule has 0 spiro atoms. The number of aryl methyl sites for hydroxylation is 1. The van der Waals surface area contributed by atoms with Gasteiger partial charge in [-0.25, -0.2) is 15.0 Å². The molecular weight excluding hydrogens is 448 g/mol. The van der Waals surface area contributed by atoms with E-state index in [1.807, 2.05) is 13.0 Å². The first-order valence-electron chi connectivity index (χ1n) is 11.3. The summed E-state index contributed by atoms with van der Waals surface area (Å²) < 4.78 is 1.63. The van der Waals surface area contributed by atoms with Crippen molar-refractivity contribution in [3.63, 3.8) is 0 Å². The molecule has 0 bridgehead atoms. The normalized spacial score (nSPS) is 17.9. The van der Waals surface area contributed by atoms with E-state index >= 15 is 0 Å². The molecule has 0 radical (unpaired) electrons. The van der Waals surface area contributed by atoms with E-state index in [0.29, 0.717) is 17.1 Å². The van der Waals surface area contributed by atoms with Gasteiger partial charge in [-0.1, -0.05) is 0 Å². The van der Waals surface area contributed by atoms with Gasteiger partial charge in [-0.05, 0) is 38.0 Å². The number of nitrogens with zero attached hydrogens (tertiary/aromatic N) is 6. The maximum atomic E-state index is 13.0. The van der Waals surface area contributed by atoms with Crippen LogP contribution in [0.15, 0.2) is 43.1 Å². The number of benzene rings is 1. The van der Waals surface area contributed by atoms with E-state index in [1.165, 1.54) is 0 Å². The fourth-order valence-electron chi connectivity index (χ4n) is 4.40. The minimum atomic E-state index is -0.679. The van der Waals surface area contributed by atoms with Gasteiger partial charge >= 0.3 is 0 Å². The van der Waals surface area contributed by atoms with Crippen molar-refractivity contribution in [1.29, 1.82) is 0 Å². The Kier molecular flexibility index (Phi) is 5.77. The fraction of sp³-hybridized carbons (Fsp3) is 0.304. The Hall–Kier alpha value is -4.48. The van der Waals surface area contributed by atoms with Crippen LogP contribution in [0, 0.1) is 0 Å². The summed E-state index contributed by atoms with van der Waals surface area (Å²) in [7, 11) is 1.79. The average molecular weight is 475 g/mol. The average Bonchev–Trinajstić information content (AvgIpc) is 3.48. The van der Waals surface area contributed by atoms with Gasteiger partial charge in [0, 0.05) is 37.4 Å². The molecule has 4 heterocycles. The van der Waals surface area contributed by atoms with Crippen molar-refractivity contribution in [2.24, 2.45) is 12.8 Å². The first kappa shape index (κ1) is 22.3. The number of nitrogens with two attached hydrogens (primary N) is 1. The second kappa shape index (κ2) is 9.05. The number of anilines is 3. The molecule has 180 valence electrons. The maximum absolute atomic E-state index is 13.0. The number of amides is 2. The number of carbonyl (C=O) groups is 2. The van der Waals surface area contributed by atoms with Crippen LogP contribution < -0.4 is 21.3 Å². The summed E-state index contributed by atoms with van der Waals surface area (Å²) in [6.45, 7) is 2.78. The molecule has 0 aliphatic carbocycles. The standard InChI is InChI=1S/C23H26N10O2/c1-13-16(30-23(35)14-5-6-17-18(8-14)27-12-26-17)4-3-7-33(13)19-10-25-20(21(24)34)22(31-19)29-15-9-28-32(2)11-15/h5-6,8-13,16H,3-4,7H2,1-2H3,(H2,24,34)(H,26,27)(H,29,31)(H,30,35)/t13-,16-/m1/s1. The number of piperidine rings is 1. The minimum absolute atomic E-state index is 0.0429. The highest BCUT2D eigenvalue weighted by molar-refractivity contribution is 5.98. The Morgan fingerprint density at radius 2 is 2.09 bits per heavy atom. The highest BCUT2D eigenvalue weighted by Crippen LogP contribution is 2.26. The van der Waals surface area contributed by atoms with Crippen molar-refractivity contribution in [2.45, 2.75) is 31.8 Å². The van der Waals surface area contributed by atoms with E-state index in [9.17, 15) is 9.59 Å². The van der Waals surface area contributed by atoms with Gasteiger partial charge in [-0.15, -0.1) is 0 Å². The summed E-state index contributed by atoms with van der Waals surface area (Å²) in [6.07, 6.45) is 8.23. The number of primary amides is 1. The van der Waals surface area contributed by atoms with Gasteiger partial charge in [-0.2, -0.15) is 5.10 Å². The largest absolute Gasteiger partial charge is 0.364 e. The number of carbonyl (C=O) groups excluding carboxylic acids is 2. The molecular formula is C23H26N10O2. The van der Waals surface area contributed by atoms with Crippen LogP contribution >= 0.6 is 0 Å². The van der Waals surface area contributed by atoms with Gasteiger partial charge in [0.25, 0.3) is 11.8 Å². The predicted octanol–water partition coefficient (Wildman–Crippen LogP) is 1.72. The number of nitrogens with one attached hydrogen (secondary N) is 3. The lowest BCUT2D eigenvalue weighted by atomic mass is 9.97. The number of aromatic amines is 1. The molecule has 2 atom stereocenters. The summed E-state index contributed by atoms with van der Waals surface area (Å²) in [5.41, 5.74) is 8.42.